The molecule has 0 saturated carbocycles. The molecule has 0 aliphatic rings. The van der Waals surface area contributed by atoms with Gasteiger partial charge in [-0.25, -0.2) is 0 Å². The summed E-state index contributed by atoms with van der Waals surface area (Å²) in [7, 11) is 4.94. The van der Waals surface area contributed by atoms with Crippen molar-refractivity contribution in [3.63, 3.8) is 0 Å². The minimum atomic E-state index is -0.461. The Morgan fingerprint density at radius 3 is 2.65 bits per heavy atom. The number of likely N-dealkylation sites (N-methyl/N-ethyl adjacent to an activating group) is 1. The van der Waals surface area contributed by atoms with E-state index in [9.17, 15) is 10.1 Å². The molecule has 0 fully saturated rings. The van der Waals surface area contributed by atoms with Gasteiger partial charge in [-0.15, -0.1) is 0 Å². The average Bonchev–Trinajstić information content (AvgIpc) is 2.34. The molecule has 0 saturated heterocycles. The lowest BCUT2D eigenvalue weighted by molar-refractivity contribution is -0.385. The molecule has 1 rings (SSSR count). The Kier molecular flexibility index (Phi) is 4.71. The van der Waals surface area contributed by atoms with Crippen molar-refractivity contribution in [3.05, 3.63) is 28.3 Å². The average molecular weight is 240 g/mol. The van der Waals surface area contributed by atoms with E-state index in [1.54, 1.807) is 19.2 Å². The van der Waals surface area contributed by atoms with E-state index in [0.717, 1.165) is 5.69 Å². The summed E-state index contributed by atoms with van der Waals surface area (Å²) < 4.78 is 9.97. The van der Waals surface area contributed by atoms with Crippen molar-refractivity contribution in [1.82, 2.24) is 0 Å². The minimum absolute atomic E-state index is 0.0311. The molecule has 17 heavy (non-hydrogen) atoms. The van der Waals surface area contributed by atoms with E-state index in [1.165, 1.54) is 13.2 Å². The van der Waals surface area contributed by atoms with Crippen LogP contribution in [-0.4, -0.2) is 39.3 Å². The molecule has 0 aliphatic carbocycles. The molecule has 0 N–H and O–H groups in total. The Bertz CT molecular complexity index is 395. The van der Waals surface area contributed by atoms with Crippen molar-refractivity contribution in [2.75, 3.05) is 39.3 Å². The molecule has 0 bridgehead atoms. The Morgan fingerprint density at radius 2 is 2.12 bits per heavy atom. The van der Waals surface area contributed by atoms with Crippen LogP contribution >= 0.6 is 0 Å². The van der Waals surface area contributed by atoms with Gasteiger partial charge in [0.05, 0.1) is 18.6 Å². The standard InChI is InChI=1S/C11H16N2O4/c1-12(6-7-16-2)9-4-5-10(13(14)15)11(8-9)17-3/h4-5,8H,6-7H2,1-3H3. The molecular formula is C11H16N2O4. The van der Waals surface area contributed by atoms with Gasteiger partial charge in [0.25, 0.3) is 0 Å². The smallest absolute Gasteiger partial charge is 0.311 e. The summed E-state index contributed by atoms with van der Waals surface area (Å²) in [5.41, 5.74) is 0.820. The number of methoxy groups -OCH3 is 2. The molecule has 0 aromatic heterocycles. The summed E-state index contributed by atoms with van der Waals surface area (Å²) in [6.45, 7) is 1.30. The van der Waals surface area contributed by atoms with Crippen molar-refractivity contribution >= 4 is 11.4 Å². The summed E-state index contributed by atoms with van der Waals surface area (Å²) >= 11 is 0. The normalized spacial score (nSPS) is 10.1. The number of hydrogen-bond donors (Lipinski definition) is 0. The molecule has 0 unspecified atom stereocenters. The second-order valence-electron chi connectivity index (χ2n) is 3.53. The Labute approximate surface area is 99.9 Å². The second kappa shape index (κ2) is 6.05. The molecule has 0 aliphatic heterocycles. The van der Waals surface area contributed by atoms with Crippen molar-refractivity contribution in [1.29, 1.82) is 0 Å². The fourth-order valence-corrected chi connectivity index (χ4v) is 1.41. The van der Waals surface area contributed by atoms with Crippen LogP contribution in [0.4, 0.5) is 11.4 Å². The van der Waals surface area contributed by atoms with Gasteiger partial charge >= 0.3 is 5.69 Å². The van der Waals surface area contributed by atoms with Crippen LogP contribution in [0.3, 0.4) is 0 Å². The van der Waals surface area contributed by atoms with Crippen LogP contribution in [-0.2, 0) is 4.74 Å². The fourth-order valence-electron chi connectivity index (χ4n) is 1.41. The van der Waals surface area contributed by atoms with E-state index in [-0.39, 0.29) is 11.4 Å². The number of nitrogens with zero attached hydrogens (tertiary/aromatic N) is 2. The summed E-state index contributed by atoms with van der Waals surface area (Å²) in [5, 5.41) is 10.7. The van der Waals surface area contributed by atoms with Crippen molar-refractivity contribution in [2.45, 2.75) is 0 Å². The van der Waals surface area contributed by atoms with Gasteiger partial charge < -0.3 is 14.4 Å². The second-order valence-corrected chi connectivity index (χ2v) is 3.53. The van der Waals surface area contributed by atoms with E-state index in [1.807, 2.05) is 11.9 Å². The van der Waals surface area contributed by atoms with Gasteiger partial charge in [-0.3, -0.25) is 10.1 Å². The highest BCUT2D eigenvalue weighted by molar-refractivity contribution is 5.58. The predicted molar refractivity (Wildman–Crippen MR) is 64.8 cm³/mol. The topological polar surface area (TPSA) is 64.8 Å². The Morgan fingerprint density at radius 1 is 1.41 bits per heavy atom. The third-order valence-corrected chi connectivity index (χ3v) is 2.43. The van der Waals surface area contributed by atoms with Gasteiger partial charge in [0.15, 0.2) is 5.75 Å². The molecule has 1 aromatic rings. The van der Waals surface area contributed by atoms with Crippen molar-refractivity contribution in [3.8, 4) is 5.75 Å². The zero-order valence-corrected chi connectivity index (χ0v) is 10.2. The summed E-state index contributed by atoms with van der Waals surface area (Å²) in [6.07, 6.45) is 0. The van der Waals surface area contributed by atoms with Crippen molar-refractivity contribution in [2.24, 2.45) is 0 Å². The molecular weight excluding hydrogens is 224 g/mol. The summed E-state index contributed by atoms with van der Waals surface area (Å²) in [4.78, 5) is 12.2. The molecule has 6 nitrogen and oxygen atoms in total. The number of rotatable bonds is 6. The highest BCUT2D eigenvalue weighted by atomic mass is 16.6. The fraction of sp³-hybridized carbons (Fsp3) is 0.455. The zero-order chi connectivity index (χ0) is 12.8. The quantitative estimate of drug-likeness (QED) is 0.559. The number of nitro groups is 1. The van der Waals surface area contributed by atoms with Crippen LogP contribution < -0.4 is 9.64 Å². The molecule has 0 radical (unpaired) electrons. The van der Waals surface area contributed by atoms with E-state index in [2.05, 4.69) is 0 Å². The highest BCUT2D eigenvalue weighted by Crippen LogP contribution is 2.30. The maximum atomic E-state index is 10.7. The van der Waals surface area contributed by atoms with Gasteiger partial charge in [-0.2, -0.15) is 0 Å². The largest absolute Gasteiger partial charge is 0.490 e. The predicted octanol–water partition coefficient (Wildman–Crippen LogP) is 1.69. The molecule has 1 aromatic carbocycles. The molecule has 0 atom stereocenters. The van der Waals surface area contributed by atoms with E-state index >= 15 is 0 Å². The lowest BCUT2D eigenvalue weighted by Gasteiger charge is -2.19. The monoisotopic (exact) mass is 240 g/mol. The maximum Gasteiger partial charge on any atom is 0.311 e. The van der Waals surface area contributed by atoms with Crippen LogP contribution in [0.5, 0.6) is 5.75 Å². The summed E-state index contributed by atoms with van der Waals surface area (Å²) in [6, 6.07) is 4.78. The van der Waals surface area contributed by atoms with Gasteiger partial charge in [0, 0.05) is 38.5 Å². The van der Waals surface area contributed by atoms with E-state index in [0.29, 0.717) is 13.2 Å². The van der Waals surface area contributed by atoms with Gasteiger partial charge in [0.2, 0.25) is 0 Å². The highest BCUT2D eigenvalue weighted by Gasteiger charge is 2.15. The number of nitro benzene ring substituents is 1. The van der Waals surface area contributed by atoms with Gasteiger partial charge in [-0.1, -0.05) is 0 Å². The maximum absolute atomic E-state index is 10.7. The molecule has 94 valence electrons. The summed E-state index contributed by atoms with van der Waals surface area (Å²) in [5.74, 6) is 0.261. The lowest BCUT2D eigenvalue weighted by atomic mass is 10.2. The first-order chi connectivity index (χ1) is 8.10. The zero-order valence-electron chi connectivity index (χ0n) is 10.2. The first-order valence-electron chi connectivity index (χ1n) is 5.12. The van der Waals surface area contributed by atoms with E-state index in [4.69, 9.17) is 9.47 Å². The number of hydrogen-bond acceptors (Lipinski definition) is 5. The molecule has 0 spiro atoms. The molecule has 6 heteroatoms. The minimum Gasteiger partial charge on any atom is -0.490 e. The first-order valence-corrected chi connectivity index (χ1v) is 5.12. The van der Waals surface area contributed by atoms with Gasteiger partial charge in [-0.05, 0) is 6.07 Å². The Hall–Kier alpha value is -1.82. The van der Waals surface area contributed by atoms with Crippen LogP contribution in [0.25, 0.3) is 0 Å². The third-order valence-electron chi connectivity index (χ3n) is 2.43. The molecule has 0 heterocycles. The Balaban J connectivity index is 2.92. The van der Waals surface area contributed by atoms with Crippen molar-refractivity contribution < 1.29 is 14.4 Å². The van der Waals surface area contributed by atoms with Crippen LogP contribution in [0.15, 0.2) is 18.2 Å². The van der Waals surface area contributed by atoms with Gasteiger partial charge in [0.1, 0.15) is 0 Å². The third kappa shape index (κ3) is 3.32. The van der Waals surface area contributed by atoms with Crippen LogP contribution in [0.1, 0.15) is 0 Å². The number of benzene rings is 1. The molecule has 0 amide bonds. The van der Waals surface area contributed by atoms with E-state index < -0.39 is 4.92 Å². The first kappa shape index (κ1) is 13.2. The number of anilines is 1. The SMILES string of the molecule is COCCN(C)c1ccc([N+](=O)[O-])c(OC)c1. The number of ether oxygens (including phenoxy) is 2. The van der Waals surface area contributed by atoms with Crippen LogP contribution in [0.2, 0.25) is 0 Å². The lowest BCUT2D eigenvalue weighted by Crippen LogP contribution is -2.21. The van der Waals surface area contributed by atoms with Crippen LogP contribution in [0, 0.1) is 10.1 Å².